The van der Waals surface area contributed by atoms with Gasteiger partial charge in [0.2, 0.25) is 0 Å². The molecule has 1 N–H and O–H groups in total. The number of imidazole rings is 1. The topological polar surface area (TPSA) is 55.1 Å². The Morgan fingerprint density at radius 1 is 1.41 bits per heavy atom. The fourth-order valence-electron chi connectivity index (χ4n) is 1.75. The Kier molecular flexibility index (Phi) is 2.79. The molecule has 1 aromatic carbocycles. The maximum Gasteiger partial charge on any atom is 0.323 e. The molecular formula is C11H10F2N2O2. The molecule has 90 valence electrons. The number of aromatic nitrogens is 2. The number of carbonyl (C=O) groups is 1. The highest BCUT2D eigenvalue weighted by Crippen LogP contribution is 2.20. The van der Waals surface area contributed by atoms with Gasteiger partial charge in [-0.1, -0.05) is 6.92 Å². The van der Waals surface area contributed by atoms with E-state index in [1.807, 2.05) is 0 Å². The van der Waals surface area contributed by atoms with Gasteiger partial charge in [0, 0.05) is 18.6 Å². The van der Waals surface area contributed by atoms with Gasteiger partial charge in [-0.25, -0.2) is 13.8 Å². The minimum atomic E-state index is -1.05. The maximum absolute atomic E-state index is 13.1. The smallest absolute Gasteiger partial charge is 0.323 e. The van der Waals surface area contributed by atoms with Crippen molar-refractivity contribution >= 4 is 17.0 Å². The highest BCUT2D eigenvalue weighted by molar-refractivity contribution is 5.78. The lowest BCUT2D eigenvalue weighted by molar-refractivity contribution is -0.137. The van der Waals surface area contributed by atoms with Crippen molar-refractivity contribution in [2.45, 2.75) is 19.9 Å². The number of hydrogen-bond acceptors (Lipinski definition) is 2. The highest BCUT2D eigenvalue weighted by atomic mass is 19.2. The van der Waals surface area contributed by atoms with Gasteiger partial charge in [0.15, 0.2) is 11.6 Å². The van der Waals surface area contributed by atoms with Crippen molar-refractivity contribution < 1.29 is 18.7 Å². The molecule has 6 heteroatoms. The number of carboxylic acid groups (broad SMARTS) is 1. The average Bonchev–Trinajstić information content (AvgIpc) is 2.57. The van der Waals surface area contributed by atoms with Crippen molar-refractivity contribution in [2.24, 2.45) is 0 Å². The van der Waals surface area contributed by atoms with Gasteiger partial charge in [0.1, 0.15) is 12.4 Å². The number of aliphatic carboxylic acids is 1. The number of nitrogens with zero attached hydrogens (tertiary/aromatic N) is 2. The van der Waals surface area contributed by atoms with E-state index in [-0.39, 0.29) is 12.1 Å². The van der Waals surface area contributed by atoms with Crippen LogP contribution in [0.3, 0.4) is 0 Å². The van der Waals surface area contributed by atoms with Crippen molar-refractivity contribution in [1.82, 2.24) is 9.55 Å². The molecule has 0 bridgehead atoms. The monoisotopic (exact) mass is 240 g/mol. The Balaban J connectivity index is 2.69. The molecule has 0 aliphatic rings. The summed E-state index contributed by atoms with van der Waals surface area (Å²) in [6.07, 6.45) is 0.491. The minimum Gasteiger partial charge on any atom is -0.480 e. The van der Waals surface area contributed by atoms with E-state index in [1.165, 1.54) is 4.57 Å². The first-order valence-electron chi connectivity index (χ1n) is 5.09. The van der Waals surface area contributed by atoms with Crippen LogP contribution in [0.5, 0.6) is 0 Å². The number of halogens is 2. The lowest BCUT2D eigenvalue weighted by Crippen LogP contribution is -2.11. The number of benzene rings is 1. The zero-order chi connectivity index (χ0) is 12.6. The number of aryl methyl sites for hydroxylation is 1. The minimum absolute atomic E-state index is 0.266. The molecular weight excluding hydrogens is 230 g/mol. The quantitative estimate of drug-likeness (QED) is 0.892. The first-order chi connectivity index (χ1) is 8.02. The molecule has 0 radical (unpaired) electrons. The molecule has 2 aromatic rings. The standard InChI is InChI=1S/C11H10F2N2O2/c1-2-10-14-8-3-6(12)7(13)4-9(8)15(10)5-11(16)17/h3-4H,2,5H2,1H3,(H,16,17). The summed E-state index contributed by atoms with van der Waals surface area (Å²) in [5.74, 6) is -2.55. The van der Waals surface area contributed by atoms with Gasteiger partial charge in [-0.05, 0) is 0 Å². The third-order valence-electron chi connectivity index (χ3n) is 2.48. The van der Waals surface area contributed by atoms with E-state index in [2.05, 4.69) is 4.98 Å². The van der Waals surface area contributed by atoms with Crippen LogP contribution in [0.4, 0.5) is 8.78 Å². The molecule has 0 fully saturated rings. The Morgan fingerprint density at radius 3 is 2.65 bits per heavy atom. The third kappa shape index (κ3) is 1.98. The van der Waals surface area contributed by atoms with Gasteiger partial charge >= 0.3 is 5.97 Å². The van der Waals surface area contributed by atoms with Gasteiger partial charge in [-0.2, -0.15) is 0 Å². The number of rotatable bonds is 3. The summed E-state index contributed by atoms with van der Waals surface area (Å²) in [4.78, 5) is 14.8. The summed E-state index contributed by atoms with van der Waals surface area (Å²) in [6, 6.07) is 1.95. The fourth-order valence-corrected chi connectivity index (χ4v) is 1.75. The Labute approximate surface area is 95.5 Å². The van der Waals surface area contributed by atoms with Crippen LogP contribution >= 0.6 is 0 Å². The summed E-state index contributed by atoms with van der Waals surface area (Å²) in [6.45, 7) is 1.48. The van der Waals surface area contributed by atoms with Crippen molar-refractivity contribution in [3.05, 3.63) is 29.6 Å². The van der Waals surface area contributed by atoms with E-state index < -0.39 is 17.6 Å². The molecule has 0 atom stereocenters. The zero-order valence-corrected chi connectivity index (χ0v) is 9.07. The summed E-state index contributed by atoms with van der Waals surface area (Å²) in [5.41, 5.74) is 0.560. The summed E-state index contributed by atoms with van der Waals surface area (Å²) in [7, 11) is 0. The molecule has 0 saturated carbocycles. The molecule has 0 spiro atoms. The van der Waals surface area contributed by atoms with Crippen LogP contribution in [0, 0.1) is 11.6 Å². The molecule has 0 unspecified atom stereocenters. The van der Waals surface area contributed by atoms with Crippen LogP contribution in [0.1, 0.15) is 12.7 Å². The van der Waals surface area contributed by atoms with Crippen molar-refractivity contribution in [1.29, 1.82) is 0 Å². The number of carboxylic acids is 1. The fraction of sp³-hybridized carbons (Fsp3) is 0.273. The molecule has 0 aliphatic heterocycles. The van der Waals surface area contributed by atoms with E-state index in [1.54, 1.807) is 6.92 Å². The molecule has 2 rings (SSSR count). The van der Waals surface area contributed by atoms with Crippen molar-refractivity contribution in [3.63, 3.8) is 0 Å². The third-order valence-corrected chi connectivity index (χ3v) is 2.48. The lowest BCUT2D eigenvalue weighted by atomic mass is 10.3. The van der Waals surface area contributed by atoms with E-state index in [0.29, 0.717) is 17.8 Å². The second kappa shape index (κ2) is 4.12. The van der Waals surface area contributed by atoms with Crippen molar-refractivity contribution in [2.75, 3.05) is 0 Å². The van der Waals surface area contributed by atoms with Crippen LogP contribution in [-0.2, 0) is 17.8 Å². The average molecular weight is 240 g/mol. The molecule has 1 aromatic heterocycles. The molecule has 4 nitrogen and oxygen atoms in total. The van der Waals surface area contributed by atoms with Crippen LogP contribution in [0.15, 0.2) is 12.1 Å². The maximum atomic E-state index is 13.1. The SMILES string of the molecule is CCc1nc2cc(F)c(F)cc2n1CC(=O)O. The molecule has 1 heterocycles. The van der Waals surface area contributed by atoms with Gasteiger partial charge in [0.25, 0.3) is 0 Å². The van der Waals surface area contributed by atoms with E-state index in [4.69, 9.17) is 5.11 Å². The van der Waals surface area contributed by atoms with E-state index >= 15 is 0 Å². The molecule has 0 amide bonds. The Hall–Kier alpha value is -1.98. The van der Waals surface area contributed by atoms with Gasteiger partial charge < -0.3 is 9.67 Å². The number of hydrogen-bond donors (Lipinski definition) is 1. The van der Waals surface area contributed by atoms with Crippen LogP contribution in [0.2, 0.25) is 0 Å². The Morgan fingerprint density at radius 2 is 2.06 bits per heavy atom. The van der Waals surface area contributed by atoms with Crippen molar-refractivity contribution in [3.8, 4) is 0 Å². The summed E-state index contributed by atoms with van der Waals surface area (Å²) < 4.78 is 27.5. The zero-order valence-electron chi connectivity index (χ0n) is 9.07. The van der Waals surface area contributed by atoms with Gasteiger partial charge in [-0.15, -0.1) is 0 Å². The first kappa shape index (κ1) is 11.5. The number of fused-ring (bicyclic) bond motifs is 1. The van der Waals surface area contributed by atoms with Gasteiger partial charge in [-0.3, -0.25) is 4.79 Å². The lowest BCUT2D eigenvalue weighted by Gasteiger charge is -2.04. The predicted molar refractivity (Wildman–Crippen MR) is 56.7 cm³/mol. The summed E-state index contributed by atoms with van der Waals surface area (Å²) in [5, 5.41) is 8.77. The van der Waals surface area contributed by atoms with E-state index in [0.717, 1.165) is 12.1 Å². The van der Waals surface area contributed by atoms with Crippen LogP contribution in [-0.4, -0.2) is 20.6 Å². The van der Waals surface area contributed by atoms with Gasteiger partial charge in [0.05, 0.1) is 11.0 Å². The normalized spacial score (nSPS) is 11.0. The van der Waals surface area contributed by atoms with Crippen LogP contribution < -0.4 is 0 Å². The predicted octanol–water partition coefficient (Wildman–Crippen LogP) is 1.96. The largest absolute Gasteiger partial charge is 0.480 e. The van der Waals surface area contributed by atoms with Crippen LogP contribution in [0.25, 0.3) is 11.0 Å². The molecule has 17 heavy (non-hydrogen) atoms. The second-order valence-electron chi connectivity index (χ2n) is 3.62. The Bertz CT molecular complexity index is 593. The second-order valence-corrected chi connectivity index (χ2v) is 3.62. The molecule has 0 saturated heterocycles. The highest BCUT2D eigenvalue weighted by Gasteiger charge is 2.14. The first-order valence-corrected chi connectivity index (χ1v) is 5.09. The summed E-state index contributed by atoms with van der Waals surface area (Å²) >= 11 is 0. The van der Waals surface area contributed by atoms with E-state index in [9.17, 15) is 13.6 Å². The molecule has 0 aliphatic carbocycles.